The first-order valence-corrected chi connectivity index (χ1v) is 10.1. The van der Waals surface area contributed by atoms with E-state index in [4.69, 9.17) is 5.73 Å². The van der Waals surface area contributed by atoms with Crippen LogP contribution in [0.15, 0.2) is 30.5 Å². The van der Waals surface area contributed by atoms with Crippen molar-refractivity contribution in [2.24, 2.45) is 17.1 Å². The van der Waals surface area contributed by atoms with Gasteiger partial charge in [-0.2, -0.15) is 5.26 Å². The Balaban J connectivity index is 1.49. The fourth-order valence-corrected chi connectivity index (χ4v) is 3.90. The second kappa shape index (κ2) is 7.84. The Bertz CT molecular complexity index is 879. The SMILES string of the molecule is N#CC1(CNc2cccc(-c3cc(CC4CCC(N)CC4)ncc3F)n2)CC1. The van der Waals surface area contributed by atoms with E-state index in [0.717, 1.165) is 50.6 Å². The fourth-order valence-electron chi connectivity index (χ4n) is 3.90. The van der Waals surface area contributed by atoms with E-state index < -0.39 is 0 Å². The largest absolute Gasteiger partial charge is 0.368 e. The van der Waals surface area contributed by atoms with Gasteiger partial charge in [0.05, 0.1) is 23.4 Å². The van der Waals surface area contributed by atoms with E-state index >= 15 is 0 Å². The lowest BCUT2D eigenvalue weighted by molar-refractivity contribution is 0.323. The molecule has 2 aliphatic carbocycles. The summed E-state index contributed by atoms with van der Waals surface area (Å²) in [5.74, 6) is 0.861. The summed E-state index contributed by atoms with van der Waals surface area (Å²) in [7, 11) is 0. The number of pyridine rings is 2. The molecular formula is C22H26FN5. The molecule has 2 fully saturated rings. The van der Waals surface area contributed by atoms with Crippen LogP contribution in [0.25, 0.3) is 11.3 Å². The highest BCUT2D eigenvalue weighted by Crippen LogP contribution is 2.44. The monoisotopic (exact) mass is 379 g/mol. The Morgan fingerprint density at radius 2 is 2.04 bits per heavy atom. The van der Waals surface area contributed by atoms with Crippen LogP contribution in [0.5, 0.6) is 0 Å². The summed E-state index contributed by atoms with van der Waals surface area (Å²) in [6.07, 6.45) is 8.31. The van der Waals surface area contributed by atoms with Crippen LogP contribution in [0, 0.1) is 28.5 Å². The molecule has 0 spiro atoms. The van der Waals surface area contributed by atoms with Crippen molar-refractivity contribution in [2.75, 3.05) is 11.9 Å². The van der Waals surface area contributed by atoms with Gasteiger partial charge in [-0.05, 0) is 69.1 Å². The number of nitrogens with one attached hydrogen (secondary N) is 1. The molecule has 2 aromatic rings. The molecule has 28 heavy (non-hydrogen) atoms. The maximum atomic E-state index is 14.5. The molecule has 4 rings (SSSR count). The third kappa shape index (κ3) is 4.31. The topological polar surface area (TPSA) is 87.6 Å². The molecule has 3 N–H and O–H groups in total. The Morgan fingerprint density at radius 3 is 2.75 bits per heavy atom. The van der Waals surface area contributed by atoms with Crippen LogP contribution in [0.4, 0.5) is 10.2 Å². The molecule has 2 aliphatic rings. The first-order chi connectivity index (χ1) is 13.6. The van der Waals surface area contributed by atoms with Crippen LogP contribution in [0.2, 0.25) is 0 Å². The first kappa shape index (κ1) is 18.8. The zero-order valence-corrected chi connectivity index (χ0v) is 16.0. The van der Waals surface area contributed by atoms with Crippen LogP contribution in [0.3, 0.4) is 0 Å². The molecular weight excluding hydrogens is 353 g/mol. The number of hydrogen-bond acceptors (Lipinski definition) is 5. The number of anilines is 1. The van der Waals surface area contributed by atoms with E-state index in [1.807, 2.05) is 24.3 Å². The van der Waals surface area contributed by atoms with Crippen LogP contribution >= 0.6 is 0 Å². The van der Waals surface area contributed by atoms with Gasteiger partial charge in [-0.25, -0.2) is 9.37 Å². The number of halogens is 1. The molecule has 5 nitrogen and oxygen atoms in total. The van der Waals surface area contributed by atoms with Gasteiger partial charge in [0, 0.05) is 23.8 Å². The second-order valence-electron chi connectivity index (χ2n) is 8.29. The van der Waals surface area contributed by atoms with E-state index in [1.54, 1.807) is 0 Å². The first-order valence-electron chi connectivity index (χ1n) is 10.1. The molecule has 2 saturated carbocycles. The summed E-state index contributed by atoms with van der Waals surface area (Å²) in [6, 6.07) is 10.0. The third-order valence-electron chi connectivity index (χ3n) is 6.02. The van der Waals surface area contributed by atoms with Crippen molar-refractivity contribution >= 4 is 5.82 Å². The van der Waals surface area contributed by atoms with Crippen molar-refractivity contribution in [1.29, 1.82) is 5.26 Å². The highest BCUT2D eigenvalue weighted by molar-refractivity contribution is 5.62. The Morgan fingerprint density at radius 1 is 1.25 bits per heavy atom. The van der Waals surface area contributed by atoms with Gasteiger partial charge in [0.2, 0.25) is 0 Å². The van der Waals surface area contributed by atoms with Crippen LogP contribution in [0.1, 0.15) is 44.2 Å². The molecule has 0 bridgehead atoms. The quantitative estimate of drug-likeness (QED) is 0.790. The lowest BCUT2D eigenvalue weighted by Gasteiger charge is -2.25. The predicted molar refractivity (Wildman–Crippen MR) is 107 cm³/mol. The predicted octanol–water partition coefficient (Wildman–Crippen LogP) is 4.06. The minimum Gasteiger partial charge on any atom is -0.368 e. The zero-order valence-electron chi connectivity index (χ0n) is 16.0. The van der Waals surface area contributed by atoms with E-state index in [2.05, 4.69) is 21.4 Å². The molecule has 0 aromatic carbocycles. The van der Waals surface area contributed by atoms with Crippen molar-refractivity contribution in [3.8, 4) is 17.3 Å². The summed E-state index contributed by atoms with van der Waals surface area (Å²) in [6.45, 7) is 0.577. The van der Waals surface area contributed by atoms with Crippen molar-refractivity contribution in [2.45, 2.75) is 51.0 Å². The lowest BCUT2D eigenvalue weighted by Crippen LogP contribution is -2.27. The van der Waals surface area contributed by atoms with Gasteiger partial charge in [-0.1, -0.05) is 6.07 Å². The molecule has 0 saturated heterocycles. The molecule has 2 heterocycles. The molecule has 2 aromatic heterocycles. The minimum absolute atomic E-state index is 0.255. The standard InChI is InChI=1S/C22H26FN5/c23-19-12-26-17(10-15-4-6-16(25)7-5-15)11-18(19)20-2-1-3-21(28-20)27-14-22(13-24)8-9-22/h1-3,11-12,15-16H,4-10,14,25H2,(H,27,28). The van der Waals surface area contributed by atoms with Gasteiger partial charge in [-0.15, -0.1) is 0 Å². The Labute approximate surface area is 165 Å². The van der Waals surface area contributed by atoms with Crippen LogP contribution < -0.4 is 11.1 Å². The average molecular weight is 379 g/mol. The Hall–Kier alpha value is -2.52. The lowest BCUT2D eigenvalue weighted by atomic mass is 9.83. The summed E-state index contributed by atoms with van der Waals surface area (Å²) >= 11 is 0. The summed E-state index contributed by atoms with van der Waals surface area (Å²) < 4.78 is 14.5. The number of aromatic nitrogens is 2. The van der Waals surface area contributed by atoms with E-state index in [-0.39, 0.29) is 11.2 Å². The van der Waals surface area contributed by atoms with Crippen LogP contribution in [-0.4, -0.2) is 22.6 Å². The molecule has 6 heteroatoms. The molecule has 0 aliphatic heterocycles. The van der Waals surface area contributed by atoms with E-state index in [9.17, 15) is 9.65 Å². The smallest absolute Gasteiger partial charge is 0.150 e. The van der Waals surface area contributed by atoms with Gasteiger partial charge >= 0.3 is 0 Å². The van der Waals surface area contributed by atoms with Gasteiger partial charge in [0.15, 0.2) is 5.82 Å². The third-order valence-corrected chi connectivity index (χ3v) is 6.02. The molecule has 0 atom stereocenters. The molecule has 0 radical (unpaired) electrons. The van der Waals surface area contributed by atoms with Gasteiger partial charge in [-0.3, -0.25) is 4.98 Å². The van der Waals surface area contributed by atoms with E-state index in [1.165, 1.54) is 6.20 Å². The maximum absolute atomic E-state index is 14.5. The van der Waals surface area contributed by atoms with Gasteiger partial charge in [0.25, 0.3) is 0 Å². The van der Waals surface area contributed by atoms with Crippen molar-refractivity contribution < 1.29 is 4.39 Å². The highest BCUT2D eigenvalue weighted by atomic mass is 19.1. The summed E-state index contributed by atoms with van der Waals surface area (Å²) in [5.41, 5.74) is 7.69. The normalized spacial score (nSPS) is 23.0. The average Bonchev–Trinajstić information content (AvgIpc) is 3.50. The highest BCUT2D eigenvalue weighted by Gasteiger charge is 2.42. The fraction of sp³-hybridized carbons (Fsp3) is 0.500. The zero-order chi connectivity index (χ0) is 19.6. The molecule has 0 amide bonds. The van der Waals surface area contributed by atoms with E-state index in [0.29, 0.717) is 35.6 Å². The number of nitrogens with zero attached hydrogens (tertiary/aromatic N) is 3. The number of rotatable bonds is 6. The molecule has 0 unspecified atom stereocenters. The number of nitriles is 1. The second-order valence-corrected chi connectivity index (χ2v) is 8.29. The van der Waals surface area contributed by atoms with Crippen LogP contribution in [-0.2, 0) is 6.42 Å². The summed E-state index contributed by atoms with van der Waals surface area (Å²) in [5, 5.41) is 12.4. The minimum atomic E-state index is -0.366. The number of hydrogen-bond donors (Lipinski definition) is 2. The summed E-state index contributed by atoms with van der Waals surface area (Å²) in [4.78, 5) is 8.86. The molecule has 146 valence electrons. The maximum Gasteiger partial charge on any atom is 0.150 e. The van der Waals surface area contributed by atoms with Crippen molar-refractivity contribution in [1.82, 2.24) is 9.97 Å². The Kier molecular flexibility index (Phi) is 5.27. The van der Waals surface area contributed by atoms with Crippen molar-refractivity contribution in [3.05, 3.63) is 42.0 Å². The van der Waals surface area contributed by atoms with Gasteiger partial charge < -0.3 is 11.1 Å². The van der Waals surface area contributed by atoms with Crippen molar-refractivity contribution in [3.63, 3.8) is 0 Å². The number of nitrogens with two attached hydrogens (primary N) is 1. The van der Waals surface area contributed by atoms with Gasteiger partial charge in [0.1, 0.15) is 5.82 Å².